The minimum Gasteiger partial charge on any atom is -0.377 e. The number of rotatable bonds is 3. The summed E-state index contributed by atoms with van der Waals surface area (Å²) in [6.07, 6.45) is 3.47. The number of hydrogen-bond acceptors (Lipinski definition) is 5. The Morgan fingerprint density at radius 3 is 2.64 bits per heavy atom. The zero-order chi connectivity index (χ0) is 15.7. The molecule has 0 saturated carbocycles. The van der Waals surface area contributed by atoms with Gasteiger partial charge in [-0.15, -0.1) is 11.3 Å². The summed E-state index contributed by atoms with van der Waals surface area (Å²) >= 11 is 1.52. The Bertz CT molecular complexity index is 852. The highest BCUT2D eigenvalue weighted by molar-refractivity contribution is 7.13. The summed E-state index contributed by atoms with van der Waals surface area (Å²) in [5.41, 5.74) is 3.89. The molecule has 0 unspecified atom stereocenters. The molecule has 0 saturated heterocycles. The number of H-pyrrole nitrogens is 1. The third-order valence-electron chi connectivity index (χ3n) is 3.32. The molecule has 0 bridgehead atoms. The average Bonchev–Trinajstić information content (AvgIpc) is 2.96. The first kappa shape index (κ1) is 14.5. The van der Waals surface area contributed by atoms with E-state index in [9.17, 15) is 4.79 Å². The quantitative estimate of drug-likeness (QED) is 0.808. The van der Waals surface area contributed by atoms with Crippen LogP contribution in [0.1, 0.15) is 5.69 Å². The maximum absolute atomic E-state index is 12.4. The van der Waals surface area contributed by atoms with E-state index in [2.05, 4.69) is 15.0 Å². The third-order valence-corrected chi connectivity index (χ3v) is 4.21. The van der Waals surface area contributed by atoms with Gasteiger partial charge in [0.25, 0.3) is 5.56 Å². The Labute approximate surface area is 132 Å². The van der Waals surface area contributed by atoms with Gasteiger partial charge in [-0.3, -0.25) is 9.78 Å². The highest BCUT2D eigenvalue weighted by Gasteiger charge is 2.16. The molecule has 6 heteroatoms. The van der Waals surface area contributed by atoms with Crippen molar-refractivity contribution >= 4 is 17.0 Å². The first-order chi connectivity index (χ1) is 10.6. The Kier molecular flexibility index (Phi) is 3.77. The van der Waals surface area contributed by atoms with Crippen LogP contribution in [0.25, 0.3) is 21.8 Å². The number of thiazole rings is 1. The van der Waals surface area contributed by atoms with Gasteiger partial charge < -0.3 is 9.88 Å². The van der Waals surface area contributed by atoms with Crippen molar-refractivity contribution in [1.82, 2.24) is 15.0 Å². The van der Waals surface area contributed by atoms with Gasteiger partial charge in [-0.1, -0.05) is 0 Å². The Hall–Kier alpha value is -2.47. The number of nitrogens with one attached hydrogen (secondary N) is 1. The summed E-state index contributed by atoms with van der Waals surface area (Å²) < 4.78 is 0. The van der Waals surface area contributed by atoms with Crippen LogP contribution >= 0.6 is 11.3 Å². The fourth-order valence-corrected chi connectivity index (χ4v) is 3.10. The summed E-state index contributed by atoms with van der Waals surface area (Å²) in [7, 11) is 3.85. The van der Waals surface area contributed by atoms with Crippen LogP contribution in [0.3, 0.4) is 0 Å². The molecule has 1 N–H and O–H groups in total. The smallest absolute Gasteiger partial charge is 0.259 e. The van der Waals surface area contributed by atoms with Gasteiger partial charge in [0, 0.05) is 43.1 Å². The van der Waals surface area contributed by atoms with E-state index >= 15 is 0 Å². The minimum atomic E-state index is -0.115. The molecule has 0 radical (unpaired) electrons. The van der Waals surface area contributed by atoms with E-state index < -0.39 is 0 Å². The van der Waals surface area contributed by atoms with Crippen LogP contribution in [-0.2, 0) is 0 Å². The lowest BCUT2D eigenvalue weighted by atomic mass is 10.1. The second-order valence-corrected chi connectivity index (χ2v) is 6.07. The molecule has 0 aromatic carbocycles. The Morgan fingerprint density at radius 2 is 1.95 bits per heavy atom. The lowest BCUT2D eigenvalue weighted by Gasteiger charge is -2.16. The Morgan fingerprint density at radius 1 is 1.23 bits per heavy atom. The molecule has 0 aliphatic heterocycles. The molecule has 0 fully saturated rings. The second-order valence-electron chi connectivity index (χ2n) is 5.21. The van der Waals surface area contributed by atoms with Gasteiger partial charge in [0.05, 0.1) is 16.9 Å². The van der Waals surface area contributed by atoms with Crippen LogP contribution in [-0.4, -0.2) is 29.0 Å². The molecule has 0 spiro atoms. The van der Waals surface area contributed by atoms with Gasteiger partial charge in [-0.2, -0.15) is 0 Å². The molecule has 3 aromatic heterocycles. The standard InChI is InChI=1S/C16H16N4OS/c1-10-8-13(20(2)3)14(15(21)18-10)12-9-22-16(19-12)11-4-6-17-7-5-11/h4-9H,1-3H3,(H,18,21). The van der Waals surface area contributed by atoms with Crippen molar-refractivity contribution < 1.29 is 0 Å². The Balaban J connectivity index is 2.13. The zero-order valence-corrected chi connectivity index (χ0v) is 13.4. The number of aryl methyl sites for hydroxylation is 1. The summed E-state index contributed by atoms with van der Waals surface area (Å²) in [4.78, 5) is 25.8. The van der Waals surface area contributed by atoms with Crippen molar-refractivity contribution in [1.29, 1.82) is 0 Å². The highest BCUT2D eigenvalue weighted by atomic mass is 32.1. The predicted molar refractivity (Wildman–Crippen MR) is 90.5 cm³/mol. The van der Waals surface area contributed by atoms with Crippen molar-refractivity contribution in [2.45, 2.75) is 6.92 Å². The molecule has 3 rings (SSSR count). The molecule has 0 aliphatic carbocycles. The normalized spacial score (nSPS) is 10.7. The van der Waals surface area contributed by atoms with Crippen molar-refractivity contribution in [3.63, 3.8) is 0 Å². The fraction of sp³-hybridized carbons (Fsp3) is 0.188. The van der Waals surface area contributed by atoms with Crippen molar-refractivity contribution in [3.05, 3.63) is 52.0 Å². The fourth-order valence-electron chi connectivity index (χ4n) is 2.29. The van der Waals surface area contributed by atoms with Crippen LogP contribution in [0.15, 0.2) is 40.8 Å². The molecule has 22 heavy (non-hydrogen) atoms. The first-order valence-corrected chi connectivity index (χ1v) is 7.72. The van der Waals surface area contributed by atoms with Gasteiger partial charge in [0.2, 0.25) is 0 Å². The predicted octanol–water partition coefficient (Wildman–Crippen LogP) is 2.93. The zero-order valence-electron chi connectivity index (χ0n) is 12.6. The van der Waals surface area contributed by atoms with Crippen LogP contribution in [0.2, 0.25) is 0 Å². The van der Waals surface area contributed by atoms with Crippen molar-refractivity contribution in [3.8, 4) is 21.8 Å². The maximum atomic E-state index is 12.4. The molecule has 0 atom stereocenters. The van der Waals surface area contributed by atoms with E-state index in [1.165, 1.54) is 11.3 Å². The van der Waals surface area contributed by atoms with E-state index in [0.29, 0.717) is 11.3 Å². The average molecular weight is 312 g/mol. The molecule has 3 heterocycles. The molecule has 0 aliphatic rings. The third kappa shape index (κ3) is 2.65. The van der Waals surface area contributed by atoms with Crippen LogP contribution < -0.4 is 10.5 Å². The maximum Gasteiger partial charge on any atom is 0.259 e. The molecular formula is C16H16N4OS. The number of hydrogen-bond donors (Lipinski definition) is 1. The largest absolute Gasteiger partial charge is 0.377 e. The van der Waals surface area contributed by atoms with Gasteiger partial charge >= 0.3 is 0 Å². The summed E-state index contributed by atoms with van der Waals surface area (Å²) in [6.45, 7) is 1.88. The molecule has 112 valence electrons. The van der Waals surface area contributed by atoms with Crippen molar-refractivity contribution in [2.24, 2.45) is 0 Å². The lowest BCUT2D eigenvalue weighted by Crippen LogP contribution is -2.18. The van der Waals surface area contributed by atoms with E-state index in [-0.39, 0.29) is 5.56 Å². The number of pyridine rings is 2. The molecule has 5 nitrogen and oxygen atoms in total. The monoisotopic (exact) mass is 312 g/mol. The van der Waals surface area contributed by atoms with E-state index in [1.807, 2.05) is 49.5 Å². The number of nitrogens with zero attached hydrogens (tertiary/aromatic N) is 3. The second kappa shape index (κ2) is 5.73. The summed E-state index contributed by atoms with van der Waals surface area (Å²) in [6, 6.07) is 5.78. The minimum absolute atomic E-state index is 0.115. The molecular weight excluding hydrogens is 296 g/mol. The summed E-state index contributed by atoms with van der Waals surface area (Å²) in [5.74, 6) is 0. The highest BCUT2D eigenvalue weighted by Crippen LogP contribution is 2.31. The number of aromatic amines is 1. The van der Waals surface area contributed by atoms with Gasteiger partial charge in [-0.25, -0.2) is 4.98 Å². The molecule has 0 amide bonds. The summed E-state index contributed by atoms with van der Waals surface area (Å²) in [5, 5.41) is 2.80. The van der Waals surface area contributed by atoms with Crippen LogP contribution in [0.5, 0.6) is 0 Å². The van der Waals surface area contributed by atoms with Crippen molar-refractivity contribution in [2.75, 3.05) is 19.0 Å². The van der Waals surface area contributed by atoms with E-state index in [4.69, 9.17) is 0 Å². The first-order valence-electron chi connectivity index (χ1n) is 6.84. The van der Waals surface area contributed by atoms with E-state index in [1.54, 1.807) is 12.4 Å². The van der Waals surface area contributed by atoms with E-state index in [0.717, 1.165) is 22.0 Å². The van der Waals surface area contributed by atoms with Gasteiger partial charge in [0.15, 0.2) is 0 Å². The van der Waals surface area contributed by atoms with Crippen LogP contribution in [0.4, 0.5) is 5.69 Å². The van der Waals surface area contributed by atoms with Crippen LogP contribution in [0, 0.1) is 6.92 Å². The topological polar surface area (TPSA) is 61.9 Å². The lowest BCUT2D eigenvalue weighted by molar-refractivity contribution is 1.08. The molecule has 3 aromatic rings. The number of anilines is 1. The number of aromatic nitrogens is 3. The van der Waals surface area contributed by atoms with Gasteiger partial charge in [-0.05, 0) is 25.1 Å². The SMILES string of the molecule is Cc1cc(N(C)C)c(-c2csc(-c3ccncc3)n2)c(=O)[nH]1. The van der Waals surface area contributed by atoms with Gasteiger partial charge in [0.1, 0.15) is 5.01 Å².